The maximum atomic E-state index is 13.2. The van der Waals surface area contributed by atoms with Crippen molar-refractivity contribution in [1.29, 1.82) is 0 Å². The van der Waals surface area contributed by atoms with Crippen molar-refractivity contribution in [3.8, 4) is 0 Å². The summed E-state index contributed by atoms with van der Waals surface area (Å²) >= 11 is 0. The van der Waals surface area contributed by atoms with Crippen molar-refractivity contribution >= 4 is 17.9 Å². The molecule has 0 unspecified atom stereocenters. The number of hydrogen-bond donors (Lipinski definition) is 2. The summed E-state index contributed by atoms with van der Waals surface area (Å²) in [5.41, 5.74) is 0.0704. The molecule has 2 aromatic carbocycles. The first-order valence-corrected chi connectivity index (χ1v) is 9.41. The summed E-state index contributed by atoms with van der Waals surface area (Å²) < 4.78 is 44.8. The van der Waals surface area contributed by atoms with E-state index in [0.717, 1.165) is 28.7 Å². The van der Waals surface area contributed by atoms with Gasteiger partial charge in [0.2, 0.25) is 0 Å². The number of benzene rings is 2. The topological polar surface area (TPSA) is 78.9 Å². The molecule has 2 aromatic rings. The summed E-state index contributed by atoms with van der Waals surface area (Å²) in [6.45, 7) is 1.79. The van der Waals surface area contributed by atoms with Crippen molar-refractivity contribution in [3.05, 3.63) is 65.2 Å². The van der Waals surface area contributed by atoms with Gasteiger partial charge in [0.15, 0.2) is 0 Å². The zero-order valence-corrected chi connectivity index (χ0v) is 16.1. The Balaban J connectivity index is 1.87. The Morgan fingerprint density at radius 3 is 2.50 bits per heavy atom. The molecular formula is C21H21F3N2O4. The lowest BCUT2D eigenvalue weighted by molar-refractivity contribution is -0.137. The lowest BCUT2D eigenvalue weighted by atomic mass is 9.89. The molecule has 1 aliphatic heterocycles. The van der Waals surface area contributed by atoms with E-state index in [9.17, 15) is 27.9 Å². The molecule has 1 aliphatic rings. The first-order chi connectivity index (χ1) is 14.2. The van der Waals surface area contributed by atoms with Gasteiger partial charge in [0.05, 0.1) is 17.3 Å². The van der Waals surface area contributed by atoms with Gasteiger partial charge in [-0.1, -0.05) is 37.3 Å². The molecule has 0 saturated carbocycles. The fraction of sp³-hybridized carbons (Fsp3) is 0.333. The van der Waals surface area contributed by atoms with Gasteiger partial charge in [-0.3, -0.25) is 4.90 Å². The van der Waals surface area contributed by atoms with E-state index in [0.29, 0.717) is 6.42 Å². The average Bonchev–Trinajstić information content (AvgIpc) is 2.71. The maximum absolute atomic E-state index is 13.2. The largest absolute Gasteiger partial charge is 0.465 e. The van der Waals surface area contributed by atoms with Crippen LogP contribution in [0.1, 0.15) is 42.5 Å². The second kappa shape index (κ2) is 8.64. The molecule has 6 nitrogen and oxygen atoms in total. The molecule has 0 bridgehead atoms. The van der Waals surface area contributed by atoms with Crippen molar-refractivity contribution < 1.29 is 32.6 Å². The highest BCUT2D eigenvalue weighted by Gasteiger charge is 2.39. The number of carbonyl (C=O) groups is 2. The zero-order chi connectivity index (χ0) is 21.9. The van der Waals surface area contributed by atoms with E-state index >= 15 is 0 Å². The van der Waals surface area contributed by atoms with Crippen LogP contribution in [0.25, 0.3) is 0 Å². The van der Waals surface area contributed by atoms with E-state index in [1.165, 1.54) is 0 Å². The lowest BCUT2D eigenvalue weighted by Crippen LogP contribution is -2.47. The third-order valence-corrected chi connectivity index (χ3v) is 5.04. The molecule has 0 saturated heterocycles. The monoisotopic (exact) mass is 422 g/mol. The summed E-state index contributed by atoms with van der Waals surface area (Å²) in [6, 6.07) is 10.5. The molecule has 30 heavy (non-hydrogen) atoms. The average molecular weight is 422 g/mol. The van der Waals surface area contributed by atoms with Crippen LogP contribution in [0.2, 0.25) is 0 Å². The third-order valence-electron chi connectivity index (χ3n) is 5.04. The van der Waals surface area contributed by atoms with Gasteiger partial charge in [-0.15, -0.1) is 0 Å². The van der Waals surface area contributed by atoms with Crippen LogP contribution in [-0.2, 0) is 17.5 Å². The third kappa shape index (κ3) is 4.67. The number of alkyl carbamates (subject to hydrolysis) is 1. The minimum Gasteiger partial charge on any atom is -0.465 e. The number of fused-ring (bicyclic) bond motifs is 1. The highest BCUT2D eigenvalue weighted by atomic mass is 19.4. The molecule has 2 atom stereocenters. The molecule has 2 N–H and O–H groups in total. The predicted octanol–water partition coefficient (Wildman–Crippen LogP) is 5.34. The highest BCUT2D eigenvalue weighted by Crippen LogP contribution is 2.41. The Morgan fingerprint density at radius 1 is 1.20 bits per heavy atom. The van der Waals surface area contributed by atoms with Crippen LogP contribution >= 0.6 is 0 Å². The Morgan fingerprint density at radius 2 is 1.90 bits per heavy atom. The number of nitrogens with zero attached hydrogens (tertiary/aromatic N) is 1. The van der Waals surface area contributed by atoms with Gasteiger partial charge < -0.3 is 15.2 Å². The van der Waals surface area contributed by atoms with Crippen molar-refractivity contribution in [2.75, 3.05) is 4.90 Å². The van der Waals surface area contributed by atoms with Crippen molar-refractivity contribution in [3.63, 3.8) is 0 Å². The minimum atomic E-state index is -4.59. The Kier molecular flexibility index (Phi) is 6.19. The van der Waals surface area contributed by atoms with E-state index in [-0.39, 0.29) is 24.3 Å². The van der Waals surface area contributed by atoms with Crippen LogP contribution in [0.5, 0.6) is 0 Å². The SMILES string of the molecule is CC[C@H]1C[C@@H](NC(=O)OCc2ccccc2)c2cc(C(F)(F)F)ccc2N1C(=O)O. The van der Waals surface area contributed by atoms with Crippen molar-refractivity contribution in [2.45, 2.75) is 44.6 Å². The van der Waals surface area contributed by atoms with Crippen LogP contribution in [0.15, 0.2) is 48.5 Å². The summed E-state index contributed by atoms with van der Waals surface area (Å²) in [4.78, 5) is 25.1. The maximum Gasteiger partial charge on any atom is 0.416 e. The number of anilines is 1. The molecule has 0 fully saturated rings. The van der Waals surface area contributed by atoms with E-state index < -0.39 is 36.0 Å². The molecule has 0 spiro atoms. The highest BCUT2D eigenvalue weighted by molar-refractivity contribution is 5.89. The van der Waals surface area contributed by atoms with E-state index in [2.05, 4.69) is 5.32 Å². The number of carboxylic acid groups (broad SMARTS) is 1. The number of ether oxygens (including phenoxy) is 1. The van der Waals surface area contributed by atoms with Crippen LogP contribution in [-0.4, -0.2) is 23.3 Å². The van der Waals surface area contributed by atoms with E-state index in [1.807, 2.05) is 6.07 Å². The lowest BCUT2D eigenvalue weighted by Gasteiger charge is -2.39. The molecule has 160 valence electrons. The van der Waals surface area contributed by atoms with Gasteiger partial charge in [0.25, 0.3) is 0 Å². The Labute approximate surface area is 171 Å². The number of carbonyl (C=O) groups excluding carboxylic acids is 1. The molecule has 0 aromatic heterocycles. The van der Waals surface area contributed by atoms with Gasteiger partial charge in [0, 0.05) is 6.04 Å². The summed E-state index contributed by atoms with van der Waals surface area (Å²) in [5, 5.41) is 12.2. The number of amides is 2. The van der Waals surface area contributed by atoms with Crippen LogP contribution < -0.4 is 10.2 Å². The number of hydrogen-bond acceptors (Lipinski definition) is 3. The van der Waals surface area contributed by atoms with Crippen LogP contribution in [0, 0.1) is 0 Å². The van der Waals surface area contributed by atoms with Gasteiger partial charge in [-0.25, -0.2) is 9.59 Å². The first-order valence-electron chi connectivity index (χ1n) is 9.41. The fourth-order valence-electron chi connectivity index (χ4n) is 3.58. The number of rotatable bonds is 4. The van der Waals surface area contributed by atoms with Crippen LogP contribution in [0.4, 0.5) is 28.4 Å². The smallest absolute Gasteiger partial charge is 0.416 e. The fourth-order valence-corrected chi connectivity index (χ4v) is 3.58. The Bertz CT molecular complexity index is 918. The normalized spacial score (nSPS) is 18.5. The second-order valence-electron chi connectivity index (χ2n) is 6.98. The quantitative estimate of drug-likeness (QED) is 0.697. The van der Waals surface area contributed by atoms with Crippen molar-refractivity contribution in [2.24, 2.45) is 0 Å². The Hall–Kier alpha value is -3.23. The molecule has 2 amide bonds. The van der Waals surface area contributed by atoms with Gasteiger partial charge in [-0.05, 0) is 42.2 Å². The number of halogens is 3. The summed E-state index contributed by atoms with van der Waals surface area (Å²) in [7, 11) is 0. The molecular weight excluding hydrogens is 401 g/mol. The summed E-state index contributed by atoms with van der Waals surface area (Å²) in [5.74, 6) is 0. The number of alkyl halides is 3. The van der Waals surface area contributed by atoms with Crippen LogP contribution in [0.3, 0.4) is 0 Å². The van der Waals surface area contributed by atoms with Gasteiger partial charge in [-0.2, -0.15) is 13.2 Å². The van der Waals surface area contributed by atoms with Crippen molar-refractivity contribution in [1.82, 2.24) is 5.32 Å². The molecule has 0 radical (unpaired) electrons. The van der Waals surface area contributed by atoms with Gasteiger partial charge >= 0.3 is 18.4 Å². The number of nitrogens with one attached hydrogen (secondary N) is 1. The predicted molar refractivity (Wildman–Crippen MR) is 103 cm³/mol. The summed E-state index contributed by atoms with van der Waals surface area (Å²) in [6.07, 6.45) is -6.07. The first kappa shape index (κ1) is 21.5. The van der Waals surface area contributed by atoms with E-state index in [1.54, 1.807) is 31.2 Å². The second-order valence-corrected chi connectivity index (χ2v) is 6.98. The zero-order valence-electron chi connectivity index (χ0n) is 16.1. The molecule has 9 heteroatoms. The molecule has 0 aliphatic carbocycles. The molecule has 3 rings (SSSR count). The molecule has 1 heterocycles. The van der Waals surface area contributed by atoms with E-state index in [4.69, 9.17) is 4.74 Å². The minimum absolute atomic E-state index is 0.00724. The van der Waals surface area contributed by atoms with Gasteiger partial charge in [0.1, 0.15) is 6.61 Å². The standard InChI is InChI=1S/C21H21F3N2O4/c1-2-15-11-17(25-19(27)30-12-13-6-4-3-5-7-13)16-10-14(21(22,23)24)8-9-18(16)26(15)20(28)29/h3-10,15,17H,2,11-12H2,1H3,(H,25,27)(H,28,29)/t15-,17+/m0/s1.